The van der Waals surface area contributed by atoms with Crippen LogP contribution in [0.1, 0.15) is 25.6 Å². The van der Waals surface area contributed by atoms with Gasteiger partial charge in [-0.15, -0.1) is 0 Å². The molecule has 2 aromatic heterocycles. The Morgan fingerprint density at radius 2 is 2.25 bits per heavy atom. The Labute approximate surface area is 93.5 Å². The molecule has 0 aliphatic carbocycles. The summed E-state index contributed by atoms with van der Waals surface area (Å²) < 4.78 is 0. The second-order valence-corrected chi connectivity index (χ2v) is 4.01. The van der Waals surface area contributed by atoms with Crippen molar-refractivity contribution < 1.29 is 0 Å². The predicted octanol–water partition coefficient (Wildman–Crippen LogP) is 0.605. The molecule has 0 fully saturated rings. The molecule has 2 rings (SSSR count). The first kappa shape index (κ1) is 10.8. The van der Waals surface area contributed by atoms with Crippen LogP contribution in [-0.4, -0.2) is 26.0 Å². The number of rotatable bonds is 4. The number of hydrogen-bond acceptors (Lipinski definition) is 5. The van der Waals surface area contributed by atoms with Crippen LogP contribution in [0.4, 0.5) is 5.82 Å². The van der Waals surface area contributed by atoms with E-state index in [0.717, 1.165) is 30.6 Å². The van der Waals surface area contributed by atoms with Crippen LogP contribution in [0.2, 0.25) is 0 Å². The summed E-state index contributed by atoms with van der Waals surface area (Å²) in [5, 5.41) is 0. The molecule has 0 amide bonds. The number of nitrogens with zero attached hydrogens (tertiary/aromatic N) is 3. The number of nitrogens with two attached hydrogens (primary N) is 2. The average Bonchev–Trinajstić information content (AvgIpc) is 2.61. The van der Waals surface area contributed by atoms with Gasteiger partial charge in [-0.3, -0.25) is 0 Å². The van der Waals surface area contributed by atoms with E-state index in [-0.39, 0.29) is 6.04 Å². The van der Waals surface area contributed by atoms with E-state index in [1.165, 1.54) is 6.33 Å². The summed E-state index contributed by atoms with van der Waals surface area (Å²) in [5.41, 5.74) is 12.7. The smallest absolute Gasteiger partial charge is 0.183 e. The highest BCUT2D eigenvalue weighted by Crippen LogP contribution is 2.14. The number of aryl methyl sites for hydroxylation is 1. The number of aromatic nitrogens is 4. The Bertz CT molecular complexity index is 475. The molecule has 0 aromatic carbocycles. The summed E-state index contributed by atoms with van der Waals surface area (Å²) in [4.78, 5) is 15.4. The number of H-pyrrole nitrogens is 1. The van der Waals surface area contributed by atoms with E-state index in [2.05, 4.69) is 19.9 Å². The molecule has 2 aromatic rings. The number of aromatic amines is 1. The van der Waals surface area contributed by atoms with Crippen molar-refractivity contribution in [2.75, 3.05) is 5.73 Å². The summed E-state index contributed by atoms with van der Waals surface area (Å²) in [6, 6.07) is 0.231. The van der Waals surface area contributed by atoms with Crippen LogP contribution in [-0.2, 0) is 6.42 Å². The third kappa shape index (κ3) is 2.27. The lowest BCUT2D eigenvalue weighted by Crippen LogP contribution is -2.14. The van der Waals surface area contributed by atoms with Gasteiger partial charge < -0.3 is 16.5 Å². The van der Waals surface area contributed by atoms with Crippen LogP contribution < -0.4 is 11.5 Å². The third-order valence-electron chi connectivity index (χ3n) is 2.44. The van der Waals surface area contributed by atoms with Gasteiger partial charge in [-0.25, -0.2) is 15.0 Å². The van der Waals surface area contributed by atoms with E-state index in [0.29, 0.717) is 11.5 Å². The van der Waals surface area contributed by atoms with E-state index < -0.39 is 0 Å². The van der Waals surface area contributed by atoms with Gasteiger partial charge in [0.2, 0.25) is 0 Å². The number of fused-ring (bicyclic) bond motifs is 1. The van der Waals surface area contributed by atoms with Crippen molar-refractivity contribution in [2.45, 2.75) is 32.2 Å². The molecule has 2 heterocycles. The van der Waals surface area contributed by atoms with Gasteiger partial charge in [-0.2, -0.15) is 0 Å². The summed E-state index contributed by atoms with van der Waals surface area (Å²) in [5.74, 6) is 1.33. The molecule has 0 bridgehead atoms. The Morgan fingerprint density at radius 3 is 2.94 bits per heavy atom. The maximum atomic E-state index is 5.70. The zero-order valence-electron chi connectivity index (χ0n) is 9.27. The van der Waals surface area contributed by atoms with Gasteiger partial charge in [0.1, 0.15) is 17.7 Å². The Kier molecular flexibility index (Phi) is 3.00. The molecule has 0 aliphatic heterocycles. The molecule has 6 nitrogen and oxygen atoms in total. The molecule has 0 saturated heterocycles. The standard InChI is InChI=1S/C10H16N6/c1-6(11)3-2-4-7-15-8-9(12)13-5-14-10(8)16-7/h5-6H,2-4,11H2,1H3,(H3,12,13,14,15,16). The van der Waals surface area contributed by atoms with Crippen LogP contribution in [0.3, 0.4) is 0 Å². The minimum absolute atomic E-state index is 0.231. The van der Waals surface area contributed by atoms with E-state index in [1.54, 1.807) is 0 Å². The predicted molar refractivity (Wildman–Crippen MR) is 62.7 cm³/mol. The van der Waals surface area contributed by atoms with Crippen molar-refractivity contribution >= 4 is 17.0 Å². The lowest BCUT2D eigenvalue weighted by molar-refractivity contribution is 0.616. The van der Waals surface area contributed by atoms with Crippen molar-refractivity contribution in [1.29, 1.82) is 0 Å². The van der Waals surface area contributed by atoms with E-state index in [1.807, 2.05) is 6.92 Å². The van der Waals surface area contributed by atoms with Crippen molar-refractivity contribution in [3.05, 3.63) is 12.2 Å². The van der Waals surface area contributed by atoms with Crippen LogP contribution in [0.5, 0.6) is 0 Å². The largest absolute Gasteiger partial charge is 0.382 e. The number of anilines is 1. The maximum absolute atomic E-state index is 5.70. The second kappa shape index (κ2) is 4.44. The summed E-state index contributed by atoms with van der Waals surface area (Å²) in [6.07, 6.45) is 4.27. The van der Waals surface area contributed by atoms with Crippen molar-refractivity contribution in [3.8, 4) is 0 Å². The van der Waals surface area contributed by atoms with Crippen LogP contribution in [0.15, 0.2) is 6.33 Å². The van der Waals surface area contributed by atoms with Gasteiger partial charge in [0.05, 0.1) is 0 Å². The first-order valence-electron chi connectivity index (χ1n) is 5.37. The molecular weight excluding hydrogens is 204 g/mol. The topological polar surface area (TPSA) is 106 Å². The zero-order valence-corrected chi connectivity index (χ0v) is 9.27. The van der Waals surface area contributed by atoms with Gasteiger partial charge >= 0.3 is 0 Å². The molecule has 0 spiro atoms. The van der Waals surface area contributed by atoms with Gasteiger partial charge in [-0.1, -0.05) is 0 Å². The summed E-state index contributed by atoms with van der Waals surface area (Å²) >= 11 is 0. The van der Waals surface area contributed by atoms with Crippen LogP contribution in [0.25, 0.3) is 11.2 Å². The number of nitrogens with one attached hydrogen (secondary N) is 1. The number of imidazole rings is 1. The normalized spacial score (nSPS) is 13.1. The number of hydrogen-bond donors (Lipinski definition) is 3. The fourth-order valence-corrected chi connectivity index (χ4v) is 1.60. The fraction of sp³-hybridized carbons (Fsp3) is 0.500. The van der Waals surface area contributed by atoms with Crippen molar-refractivity contribution in [2.24, 2.45) is 5.73 Å². The Morgan fingerprint density at radius 1 is 1.44 bits per heavy atom. The van der Waals surface area contributed by atoms with E-state index in [9.17, 15) is 0 Å². The minimum Gasteiger partial charge on any atom is -0.382 e. The molecule has 0 radical (unpaired) electrons. The molecule has 86 valence electrons. The Balaban J connectivity index is 2.11. The average molecular weight is 220 g/mol. The molecular formula is C10H16N6. The van der Waals surface area contributed by atoms with Gasteiger partial charge in [-0.05, 0) is 19.8 Å². The first-order chi connectivity index (χ1) is 7.66. The van der Waals surface area contributed by atoms with Gasteiger partial charge in [0.25, 0.3) is 0 Å². The highest BCUT2D eigenvalue weighted by Gasteiger charge is 2.07. The van der Waals surface area contributed by atoms with E-state index >= 15 is 0 Å². The van der Waals surface area contributed by atoms with Crippen LogP contribution in [0, 0.1) is 0 Å². The molecule has 0 saturated carbocycles. The maximum Gasteiger partial charge on any atom is 0.183 e. The fourth-order valence-electron chi connectivity index (χ4n) is 1.60. The molecule has 1 atom stereocenters. The molecule has 16 heavy (non-hydrogen) atoms. The first-order valence-corrected chi connectivity index (χ1v) is 5.37. The van der Waals surface area contributed by atoms with Crippen molar-refractivity contribution in [1.82, 2.24) is 19.9 Å². The second-order valence-electron chi connectivity index (χ2n) is 4.01. The van der Waals surface area contributed by atoms with Gasteiger partial charge in [0, 0.05) is 12.5 Å². The molecule has 0 aliphatic rings. The van der Waals surface area contributed by atoms with Crippen molar-refractivity contribution in [3.63, 3.8) is 0 Å². The zero-order chi connectivity index (χ0) is 11.5. The quantitative estimate of drug-likeness (QED) is 0.699. The summed E-state index contributed by atoms with van der Waals surface area (Å²) in [7, 11) is 0. The highest BCUT2D eigenvalue weighted by molar-refractivity contribution is 5.80. The monoisotopic (exact) mass is 220 g/mol. The SMILES string of the molecule is CC(N)CCCc1nc2ncnc(N)c2[nH]1. The lowest BCUT2D eigenvalue weighted by atomic mass is 10.1. The minimum atomic E-state index is 0.231. The third-order valence-corrected chi connectivity index (χ3v) is 2.44. The highest BCUT2D eigenvalue weighted by atomic mass is 15.0. The summed E-state index contributed by atoms with van der Waals surface area (Å²) in [6.45, 7) is 2.00. The molecule has 1 unspecified atom stereocenters. The van der Waals surface area contributed by atoms with E-state index in [4.69, 9.17) is 11.5 Å². The van der Waals surface area contributed by atoms with Crippen LogP contribution >= 0.6 is 0 Å². The Hall–Kier alpha value is -1.69. The van der Waals surface area contributed by atoms with Gasteiger partial charge in [0.15, 0.2) is 11.5 Å². The molecule has 6 heteroatoms. The number of nitrogen functional groups attached to an aromatic ring is 1. The molecule has 5 N–H and O–H groups in total. The lowest BCUT2D eigenvalue weighted by Gasteiger charge is -2.01.